The number of aromatic nitrogens is 2. The predicted octanol–water partition coefficient (Wildman–Crippen LogP) is 3.58. The minimum absolute atomic E-state index is 0.0701. The number of fused-ring (bicyclic) bond motifs is 1. The van der Waals surface area contributed by atoms with E-state index >= 15 is 0 Å². The molecule has 0 aliphatic heterocycles. The molecular formula is C17H11ClF2N2O3S. The molecule has 0 aliphatic rings. The van der Waals surface area contributed by atoms with Gasteiger partial charge in [-0.25, -0.2) is 13.8 Å². The van der Waals surface area contributed by atoms with Crippen molar-refractivity contribution in [3.8, 4) is 5.69 Å². The zero-order chi connectivity index (χ0) is 18.8. The molecule has 0 aliphatic carbocycles. The molecule has 2 aromatic carbocycles. The van der Waals surface area contributed by atoms with Crippen LogP contribution in [0, 0.1) is 11.6 Å². The van der Waals surface area contributed by atoms with Crippen LogP contribution in [0.1, 0.15) is 0 Å². The summed E-state index contributed by atoms with van der Waals surface area (Å²) in [5.41, 5.74) is -0.431. The maximum Gasteiger partial charge on any atom is 0.316 e. The summed E-state index contributed by atoms with van der Waals surface area (Å²) in [6, 6.07) is 7.35. The molecule has 0 fully saturated rings. The summed E-state index contributed by atoms with van der Waals surface area (Å²) >= 11 is 6.84. The Morgan fingerprint density at radius 3 is 2.73 bits per heavy atom. The Labute approximate surface area is 155 Å². The van der Waals surface area contributed by atoms with Crippen LogP contribution < -0.4 is 5.56 Å². The molecule has 0 saturated carbocycles. The number of hydrogen-bond acceptors (Lipinski definition) is 5. The number of nitrogens with zero attached hydrogens (tertiary/aromatic N) is 2. The molecule has 3 rings (SSSR count). The summed E-state index contributed by atoms with van der Waals surface area (Å²) < 4.78 is 33.1. The Morgan fingerprint density at radius 1 is 1.27 bits per heavy atom. The van der Waals surface area contributed by atoms with Crippen LogP contribution in [0.4, 0.5) is 8.78 Å². The van der Waals surface area contributed by atoms with Crippen molar-refractivity contribution in [1.82, 2.24) is 9.55 Å². The van der Waals surface area contributed by atoms with Crippen LogP contribution in [0.15, 0.2) is 46.3 Å². The number of benzene rings is 2. The Kier molecular flexibility index (Phi) is 5.24. The van der Waals surface area contributed by atoms with Crippen LogP contribution in [0.5, 0.6) is 0 Å². The minimum Gasteiger partial charge on any atom is -0.468 e. The number of thioether (sulfide) groups is 1. The maximum absolute atomic E-state index is 14.3. The van der Waals surface area contributed by atoms with E-state index in [4.69, 9.17) is 11.6 Å². The van der Waals surface area contributed by atoms with E-state index in [9.17, 15) is 18.4 Å². The molecule has 1 heterocycles. The van der Waals surface area contributed by atoms with E-state index in [1.165, 1.54) is 13.2 Å². The Bertz CT molecular complexity index is 1070. The SMILES string of the molecule is COC(=O)CSc1nc2ccc(Cl)cc2c(=O)n1-c1ccc(F)cc1F. The van der Waals surface area contributed by atoms with Crippen molar-refractivity contribution in [2.75, 3.05) is 12.9 Å². The van der Waals surface area contributed by atoms with Crippen molar-refractivity contribution in [1.29, 1.82) is 0 Å². The van der Waals surface area contributed by atoms with Gasteiger partial charge < -0.3 is 4.74 Å². The topological polar surface area (TPSA) is 61.2 Å². The van der Waals surface area contributed by atoms with Gasteiger partial charge in [-0.1, -0.05) is 23.4 Å². The summed E-state index contributed by atoms with van der Waals surface area (Å²) in [6.07, 6.45) is 0. The van der Waals surface area contributed by atoms with Crippen molar-refractivity contribution in [2.24, 2.45) is 0 Å². The summed E-state index contributed by atoms with van der Waals surface area (Å²) in [7, 11) is 1.23. The highest BCUT2D eigenvalue weighted by molar-refractivity contribution is 7.99. The number of halogens is 3. The fourth-order valence-electron chi connectivity index (χ4n) is 2.29. The van der Waals surface area contributed by atoms with Crippen LogP contribution in [-0.2, 0) is 9.53 Å². The molecule has 1 aromatic heterocycles. The lowest BCUT2D eigenvalue weighted by atomic mass is 10.2. The van der Waals surface area contributed by atoms with Crippen molar-refractivity contribution < 1.29 is 18.3 Å². The van der Waals surface area contributed by atoms with Gasteiger partial charge in [-0.05, 0) is 30.3 Å². The second-order valence-corrected chi connectivity index (χ2v) is 6.54. The zero-order valence-corrected chi connectivity index (χ0v) is 14.9. The van der Waals surface area contributed by atoms with Crippen molar-refractivity contribution in [3.63, 3.8) is 0 Å². The highest BCUT2D eigenvalue weighted by Gasteiger charge is 2.18. The van der Waals surface area contributed by atoms with Gasteiger partial charge in [0.1, 0.15) is 11.6 Å². The molecule has 0 N–H and O–H groups in total. The maximum atomic E-state index is 14.3. The standard InChI is InChI=1S/C17H11ClF2N2O3S/c1-25-15(23)8-26-17-21-13-4-2-9(18)6-11(13)16(24)22(17)14-5-3-10(19)7-12(14)20/h2-7H,8H2,1H3. The van der Waals surface area contributed by atoms with Gasteiger partial charge in [-0.15, -0.1) is 0 Å². The minimum atomic E-state index is -0.935. The fourth-order valence-corrected chi connectivity index (χ4v) is 3.30. The molecule has 26 heavy (non-hydrogen) atoms. The molecule has 3 aromatic rings. The molecule has 0 amide bonds. The molecule has 5 nitrogen and oxygen atoms in total. The molecule has 0 radical (unpaired) electrons. The number of rotatable bonds is 4. The third-order valence-electron chi connectivity index (χ3n) is 3.50. The van der Waals surface area contributed by atoms with Gasteiger partial charge >= 0.3 is 5.97 Å². The number of ether oxygens (including phenoxy) is 1. The quantitative estimate of drug-likeness (QED) is 0.383. The largest absolute Gasteiger partial charge is 0.468 e. The lowest BCUT2D eigenvalue weighted by molar-refractivity contribution is -0.137. The number of hydrogen-bond donors (Lipinski definition) is 0. The lowest BCUT2D eigenvalue weighted by Gasteiger charge is -2.13. The van der Waals surface area contributed by atoms with Crippen molar-refractivity contribution in [3.05, 3.63) is 63.4 Å². The molecule has 0 saturated heterocycles. The Balaban J connectivity index is 2.27. The normalized spacial score (nSPS) is 10.9. The van der Waals surface area contributed by atoms with Gasteiger partial charge in [0, 0.05) is 11.1 Å². The molecule has 0 atom stereocenters. The average molecular weight is 397 g/mol. The molecular weight excluding hydrogens is 386 g/mol. The first-order valence-corrected chi connectivity index (χ1v) is 8.64. The third-order valence-corrected chi connectivity index (χ3v) is 4.64. The predicted molar refractivity (Wildman–Crippen MR) is 95.0 cm³/mol. The number of carbonyl (C=O) groups is 1. The smallest absolute Gasteiger partial charge is 0.316 e. The van der Waals surface area contributed by atoms with E-state index in [0.717, 1.165) is 28.5 Å². The van der Waals surface area contributed by atoms with Crippen LogP contribution in [0.25, 0.3) is 16.6 Å². The first kappa shape index (κ1) is 18.3. The van der Waals surface area contributed by atoms with Crippen LogP contribution in [-0.4, -0.2) is 28.4 Å². The highest BCUT2D eigenvalue weighted by atomic mass is 35.5. The van der Waals surface area contributed by atoms with Crippen LogP contribution in [0.3, 0.4) is 0 Å². The summed E-state index contributed by atoms with van der Waals surface area (Å²) in [4.78, 5) is 28.7. The summed E-state index contributed by atoms with van der Waals surface area (Å²) in [5, 5.41) is 0.557. The second kappa shape index (κ2) is 7.43. The van der Waals surface area contributed by atoms with Gasteiger partial charge in [-0.3, -0.25) is 14.2 Å². The van der Waals surface area contributed by atoms with E-state index in [1.807, 2.05) is 0 Å². The van der Waals surface area contributed by atoms with Gasteiger partial charge in [0.05, 0.1) is 29.5 Å². The van der Waals surface area contributed by atoms with E-state index in [1.54, 1.807) is 12.1 Å². The summed E-state index contributed by atoms with van der Waals surface area (Å²) in [5.74, 6) is -2.38. The number of esters is 1. The average Bonchev–Trinajstić information content (AvgIpc) is 2.61. The molecule has 9 heteroatoms. The van der Waals surface area contributed by atoms with Crippen molar-refractivity contribution >= 4 is 40.2 Å². The van der Waals surface area contributed by atoms with E-state index in [0.29, 0.717) is 16.6 Å². The zero-order valence-electron chi connectivity index (χ0n) is 13.3. The molecule has 0 spiro atoms. The molecule has 134 valence electrons. The van der Waals surface area contributed by atoms with Gasteiger partial charge in [0.2, 0.25) is 0 Å². The van der Waals surface area contributed by atoms with E-state index in [2.05, 4.69) is 9.72 Å². The van der Waals surface area contributed by atoms with Gasteiger partial charge in [0.15, 0.2) is 5.16 Å². The van der Waals surface area contributed by atoms with Gasteiger partial charge in [-0.2, -0.15) is 0 Å². The third kappa shape index (κ3) is 3.56. The fraction of sp³-hybridized carbons (Fsp3) is 0.118. The highest BCUT2D eigenvalue weighted by Crippen LogP contribution is 2.24. The first-order valence-electron chi connectivity index (χ1n) is 7.28. The molecule has 0 unspecified atom stereocenters. The van der Waals surface area contributed by atoms with Crippen LogP contribution in [0.2, 0.25) is 5.02 Å². The Morgan fingerprint density at radius 2 is 2.04 bits per heavy atom. The number of carbonyl (C=O) groups excluding carboxylic acids is 1. The number of methoxy groups -OCH3 is 1. The monoisotopic (exact) mass is 396 g/mol. The lowest BCUT2D eigenvalue weighted by Crippen LogP contribution is -2.23. The molecule has 0 bridgehead atoms. The van der Waals surface area contributed by atoms with Crippen LogP contribution >= 0.6 is 23.4 Å². The van der Waals surface area contributed by atoms with Gasteiger partial charge in [0.25, 0.3) is 5.56 Å². The van der Waals surface area contributed by atoms with E-state index < -0.39 is 23.2 Å². The van der Waals surface area contributed by atoms with Crippen molar-refractivity contribution in [2.45, 2.75) is 5.16 Å². The first-order chi connectivity index (χ1) is 12.4. The second-order valence-electron chi connectivity index (χ2n) is 5.16. The summed E-state index contributed by atoms with van der Waals surface area (Å²) in [6.45, 7) is 0. The van der Waals surface area contributed by atoms with E-state index in [-0.39, 0.29) is 22.0 Å². The Hall–Kier alpha value is -2.45.